The average Bonchev–Trinajstić information content (AvgIpc) is 3.17. The van der Waals surface area contributed by atoms with Crippen LogP contribution in [-0.2, 0) is 11.2 Å². The third-order valence-corrected chi connectivity index (χ3v) is 4.38. The Hall–Kier alpha value is -3.26. The van der Waals surface area contributed by atoms with Crippen molar-refractivity contribution in [3.8, 4) is 0 Å². The van der Waals surface area contributed by atoms with Gasteiger partial charge in [-0.25, -0.2) is 4.98 Å². The Balaban J connectivity index is 0.00000225. The molecule has 28 heavy (non-hydrogen) atoms. The van der Waals surface area contributed by atoms with Gasteiger partial charge in [0.15, 0.2) is 5.78 Å². The summed E-state index contributed by atoms with van der Waals surface area (Å²) in [7, 11) is 0. The lowest BCUT2D eigenvalue weighted by Gasteiger charge is -2.30. The van der Waals surface area contributed by atoms with Crippen molar-refractivity contribution >= 4 is 35.8 Å². The zero-order chi connectivity index (χ0) is 18.8. The summed E-state index contributed by atoms with van der Waals surface area (Å²) >= 11 is 0. The van der Waals surface area contributed by atoms with Crippen molar-refractivity contribution in [3.05, 3.63) is 65.4 Å². The molecule has 0 spiro atoms. The quantitative estimate of drug-likeness (QED) is 0.585. The molecule has 2 aromatic rings. The summed E-state index contributed by atoms with van der Waals surface area (Å²) in [6.45, 7) is 1.31. The Labute approximate surface area is 167 Å². The smallest absolute Gasteiger partial charge is 0.303 e. The van der Waals surface area contributed by atoms with Gasteiger partial charge < -0.3 is 15.3 Å². The molecule has 2 aliphatic heterocycles. The summed E-state index contributed by atoms with van der Waals surface area (Å²) in [5.74, 6) is 0.931. The lowest BCUT2D eigenvalue weighted by Crippen LogP contribution is -2.37. The predicted molar refractivity (Wildman–Crippen MR) is 106 cm³/mol. The molecule has 4 rings (SSSR count). The number of aliphatic carboxylic acids is 1. The highest BCUT2D eigenvalue weighted by Crippen LogP contribution is 2.29. The van der Waals surface area contributed by atoms with E-state index in [1.165, 1.54) is 12.3 Å². The number of carboxylic acids is 1. The second kappa shape index (κ2) is 8.18. The molecule has 2 N–H and O–H groups in total. The first-order chi connectivity index (χ1) is 13.1. The molecule has 0 aliphatic carbocycles. The van der Waals surface area contributed by atoms with Crippen LogP contribution in [0.3, 0.4) is 0 Å². The van der Waals surface area contributed by atoms with Gasteiger partial charge >= 0.3 is 5.97 Å². The van der Waals surface area contributed by atoms with Crippen LogP contribution in [0.1, 0.15) is 28.0 Å². The summed E-state index contributed by atoms with van der Waals surface area (Å²) in [6.07, 6.45) is 5.02. The number of carbonyl (C=O) groups is 2. The molecule has 0 saturated heterocycles. The van der Waals surface area contributed by atoms with Crippen LogP contribution in [0.25, 0.3) is 0 Å². The molecule has 0 radical (unpaired) electrons. The minimum Gasteiger partial charge on any atom is -0.481 e. The number of aryl methyl sites for hydroxylation is 1. The molecule has 0 unspecified atom stereocenters. The summed E-state index contributed by atoms with van der Waals surface area (Å²) in [6, 6.07) is 7.14. The Morgan fingerprint density at radius 3 is 2.89 bits per heavy atom. The summed E-state index contributed by atoms with van der Waals surface area (Å²) in [5, 5.41) is 12.1. The van der Waals surface area contributed by atoms with E-state index in [1.54, 1.807) is 18.3 Å². The number of nitrogens with zero attached hydrogens (tertiary/aromatic N) is 4. The number of rotatable bonds is 5. The number of fused-ring (bicyclic) bond motifs is 3. The number of amidine groups is 1. The van der Waals surface area contributed by atoms with Gasteiger partial charge in [0.05, 0.1) is 18.5 Å². The van der Waals surface area contributed by atoms with Gasteiger partial charge in [0.2, 0.25) is 0 Å². The van der Waals surface area contributed by atoms with Crippen LogP contribution in [0.2, 0.25) is 0 Å². The standard InChI is InChI=1S/C19H17N5O3.ClH/c25-15(12-2-1-7-20-11-12)10-16-23-18-14(19-21-8-9-24(16)19)5-3-13(22-18)4-6-17(26)27;/h1-3,5,7,10-11H,4,6,8-9H2,(H,22,23)(H,26,27);1H. The van der Waals surface area contributed by atoms with Crippen LogP contribution >= 0.6 is 12.4 Å². The van der Waals surface area contributed by atoms with Gasteiger partial charge in [0, 0.05) is 42.7 Å². The highest BCUT2D eigenvalue weighted by atomic mass is 35.5. The topological polar surface area (TPSA) is 108 Å². The first-order valence-corrected chi connectivity index (χ1v) is 8.59. The first kappa shape index (κ1) is 19.5. The molecule has 144 valence electrons. The van der Waals surface area contributed by atoms with E-state index < -0.39 is 5.97 Å². The van der Waals surface area contributed by atoms with E-state index in [9.17, 15) is 9.59 Å². The number of aromatic nitrogens is 2. The zero-order valence-electron chi connectivity index (χ0n) is 14.8. The average molecular weight is 400 g/mol. The number of pyridine rings is 2. The number of nitrogens with one attached hydrogen (secondary N) is 1. The van der Waals surface area contributed by atoms with Crippen LogP contribution in [0.5, 0.6) is 0 Å². The number of anilines is 1. The van der Waals surface area contributed by atoms with Crippen molar-refractivity contribution in [1.29, 1.82) is 0 Å². The zero-order valence-corrected chi connectivity index (χ0v) is 15.6. The number of carboxylic acid groups (broad SMARTS) is 1. The maximum Gasteiger partial charge on any atom is 0.303 e. The SMILES string of the molecule is Cl.O=C(O)CCc1ccc2c(n1)NC(=CC(=O)c1cccnc1)N1CCN=C21. The molecule has 2 aliphatic rings. The van der Waals surface area contributed by atoms with E-state index in [0.29, 0.717) is 42.4 Å². The second-order valence-electron chi connectivity index (χ2n) is 6.21. The predicted octanol–water partition coefficient (Wildman–Crippen LogP) is 2.13. The highest BCUT2D eigenvalue weighted by Gasteiger charge is 2.30. The molecule has 2 aromatic heterocycles. The van der Waals surface area contributed by atoms with Gasteiger partial charge in [-0.05, 0) is 24.3 Å². The second-order valence-corrected chi connectivity index (χ2v) is 6.21. The van der Waals surface area contributed by atoms with Crippen LogP contribution in [0.15, 0.2) is 53.5 Å². The number of hydrogen-bond donors (Lipinski definition) is 2. The molecule has 8 nitrogen and oxygen atoms in total. The number of hydrogen-bond acceptors (Lipinski definition) is 7. The molecule has 4 heterocycles. The fourth-order valence-electron chi connectivity index (χ4n) is 3.08. The molecule has 0 fully saturated rings. The summed E-state index contributed by atoms with van der Waals surface area (Å²) in [4.78, 5) is 38.3. The Morgan fingerprint density at radius 2 is 2.14 bits per heavy atom. The number of carbonyl (C=O) groups excluding carboxylic acids is 1. The minimum absolute atomic E-state index is 0. The van der Waals surface area contributed by atoms with Gasteiger partial charge in [0.1, 0.15) is 17.5 Å². The van der Waals surface area contributed by atoms with Crippen molar-refractivity contribution in [2.45, 2.75) is 12.8 Å². The van der Waals surface area contributed by atoms with Crippen LogP contribution < -0.4 is 5.32 Å². The van der Waals surface area contributed by atoms with E-state index in [-0.39, 0.29) is 24.6 Å². The maximum absolute atomic E-state index is 12.5. The molecule has 0 aromatic carbocycles. The molecule has 0 bridgehead atoms. The number of ketones is 1. The van der Waals surface area contributed by atoms with Gasteiger partial charge in [-0.3, -0.25) is 19.6 Å². The van der Waals surface area contributed by atoms with Gasteiger partial charge in [-0.1, -0.05) is 0 Å². The molecule has 0 amide bonds. The maximum atomic E-state index is 12.5. The third kappa shape index (κ3) is 3.86. The van der Waals surface area contributed by atoms with Crippen molar-refractivity contribution in [1.82, 2.24) is 14.9 Å². The molecule has 9 heteroatoms. The van der Waals surface area contributed by atoms with E-state index >= 15 is 0 Å². The largest absolute Gasteiger partial charge is 0.481 e. The van der Waals surface area contributed by atoms with Crippen molar-refractivity contribution < 1.29 is 14.7 Å². The first-order valence-electron chi connectivity index (χ1n) is 8.59. The van der Waals surface area contributed by atoms with Crippen molar-refractivity contribution in [2.24, 2.45) is 4.99 Å². The van der Waals surface area contributed by atoms with E-state index in [4.69, 9.17) is 5.11 Å². The summed E-state index contributed by atoms with van der Waals surface area (Å²) < 4.78 is 0. The van der Waals surface area contributed by atoms with E-state index in [0.717, 1.165) is 11.4 Å². The fourth-order valence-corrected chi connectivity index (χ4v) is 3.08. The highest BCUT2D eigenvalue weighted by molar-refractivity contribution is 6.09. The third-order valence-electron chi connectivity index (χ3n) is 4.38. The van der Waals surface area contributed by atoms with Gasteiger partial charge in [-0.2, -0.15) is 0 Å². The van der Waals surface area contributed by atoms with E-state index in [2.05, 4.69) is 20.3 Å². The van der Waals surface area contributed by atoms with Gasteiger partial charge in [0.25, 0.3) is 0 Å². The Kier molecular flexibility index (Phi) is 5.70. The Bertz CT molecular complexity index is 975. The lowest BCUT2D eigenvalue weighted by molar-refractivity contribution is -0.136. The summed E-state index contributed by atoms with van der Waals surface area (Å²) in [5.41, 5.74) is 2.02. The minimum atomic E-state index is -0.864. The number of aliphatic imine (C=N–C) groups is 1. The molecular formula is C19H18ClN5O3. The monoisotopic (exact) mass is 399 g/mol. The van der Waals surface area contributed by atoms with Crippen LogP contribution in [0, 0.1) is 0 Å². The van der Waals surface area contributed by atoms with E-state index in [1.807, 2.05) is 17.0 Å². The molecular weight excluding hydrogens is 382 g/mol. The normalized spacial score (nSPS) is 15.8. The van der Waals surface area contributed by atoms with Crippen molar-refractivity contribution in [3.63, 3.8) is 0 Å². The Morgan fingerprint density at radius 1 is 1.29 bits per heavy atom. The van der Waals surface area contributed by atoms with Crippen LogP contribution in [-0.4, -0.2) is 50.7 Å². The molecule has 0 atom stereocenters. The van der Waals surface area contributed by atoms with Crippen LogP contribution in [0.4, 0.5) is 5.82 Å². The van der Waals surface area contributed by atoms with Gasteiger partial charge in [-0.15, -0.1) is 12.4 Å². The number of allylic oxidation sites excluding steroid dienone is 1. The number of halogens is 1. The fraction of sp³-hybridized carbons (Fsp3) is 0.211. The van der Waals surface area contributed by atoms with Crippen molar-refractivity contribution in [2.75, 3.05) is 18.4 Å². The molecule has 0 saturated carbocycles. The lowest BCUT2D eigenvalue weighted by atomic mass is 10.1.